The maximum Gasteiger partial charge on any atom is 0.224 e. The summed E-state index contributed by atoms with van der Waals surface area (Å²) < 4.78 is 0. The largest absolute Gasteiger partial charge is 0.391 e. The third-order valence-electron chi connectivity index (χ3n) is 3.60. The van der Waals surface area contributed by atoms with Crippen LogP contribution in [0.4, 0.5) is 0 Å². The molecule has 0 aliphatic carbocycles. The number of rotatable bonds is 5. The molecule has 20 heavy (non-hydrogen) atoms. The predicted octanol–water partition coefficient (Wildman–Crippen LogP) is 0.663. The van der Waals surface area contributed by atoms with Crippen molar-refractivity contribution in [2.24, 2.45) is 11.1 Å². The first kappa shape index (κ1) is 17.4. The molecule has 0 aromatic rings. The normalized spacial score (nSPS) is 25.3. The summed E-state index contributed by atoms with van der Waals surface area (Å²) in [5, 5.41) is 9.81. The van der Waals surface area contributed by atoms with E-state index in [1.807, 2.05) is 19.0 Å². The molecule has 0 spiro atoms. The van der Waals surface area contributed by atoms with Crippen LogP contribution in [0.25, 0.3) is 0 Å². The van der Waals surface area contributed by atoms with Crippen molar-refractivity contribution in [3.05, 3.63) is 0 Å². The first-order valence-electron chi connectivity index (χ1n) is 7.46. The van der Waals surface area contributed by atoms with Gasteiger partial charge in [0.05, 0.1) is 6.10 Å². The molecule has 0 aromatic carbocycles. The number of nitrogens with zero attached hydrogens (tertiary/aromatic N) is 2. The minimum Gasteiger partial charge on any atom is -0.391 e. The van der Waals surface area contributed by atoms with Gasteiger partial charge in [-0.3, -0.25) is 4.79 Å². The fourth-order valence-electron chi connectivity index (χ4n) is 2.99. The van der Waals surface area contributed by atoms with E-state index in [1.165, 1.54) is 0 Å². The smallest absolute Gasteiger partial charge is 0.224 e. The van der Waals surface area contributed by atoms with E-state index in [2.05, 4.69) is 25.7 Å². The highest BCUT2D eigenvalue weighted by Crippen LogP contribution is 2.24. The van der Waals surface area contributed by atoms with Crippen molar-refractivity contribution >= 4 is 5.91 Å². The monoisotopic (exact) mass is 285 g/mol. The van der Waals surface area contributed by atoms with E-state index in [0.717, 1.165) is 13.0 Å². The lowest BCUT2D eigenvalue weighted by molar-refractivity contribution is -0.133. The minimum absolute atomic E-state index is 0.0742. The fourth-order valence-corrected chi connectivity index (χ4v) is 2.99. The Morgan fingerprint density at radius 3 is 2.55 bits per heavy atom. The standard InChI is InChI=1S/C15H31N3O2/c1-15(2,3)8-11(16)6-14(20)18-10-13(19)7-12(18)9-17(4)5/h11-13,19H,6-10,16H2,1-5H3. The Morgan fingerprint density at radius 2 is 2.05 bits per heavy atom. The zero-order chi connectivity index (χ0) is 15.5. The highest BCUT2D eigenvalue weighted by atomic mass is 16.3. The molecule has 0 radical (unpaired) electrons. The Hall–Kier alpha value is -0.650. The number of carbonyl (C=O) groups is 1. The van der Waals surface area contributed by atoms with Gasteiger partial charge < -0.3 is 20.6 Å². The molecule has 5 heteroatoms. The second-order valence-corrected chi connectivity index (χ2v) is 7.58. The van der Waals surface area contributed by atoms with Gasteiger partial charge in [-0.25, -0.2) is 0 Å². The maximum absolute atomic E-state index is 12.4. The van der Waals surface area contributed by atoms with Crippen LogP contribution in [-0.2, 0) is 4.79 Å². The number of aliphatic hydroxyl groups excluding tert-OH is 1. The van der Waals surface area contributed by atoms with Gasteiger partial charge in [-0.1, -0.05) is 20.8 Å². The van der Waals surface area contributed by atoms with Crippen molar-refractivity contribution in [1.82, 2.24) is 9.80 Å². The number of amides is 1. The molecule has 118 valence electrons. The zero-order valence-corrected chi connectivity index (χ0v) is 13.6. The van der Waals surface area contributed by atoms with Crippen molar-refractivity contribution in [3.8, 4) is 0 Å². The molecule has 1 heterocycles. The molecule has 1 saturated heterocycles. The molecule has 1 rings (SSSR count). The summed E-state index contributed by atoms with van der Waals surface area (Å²) in [5.41, 5.74) is 6.22. The van der Waals surface area contributed by atoms with Crippen LogP contribution in [0.3, 0.4) is 0 Å². The molecule has 1 aliphatic rings. The Labute approximate surface area is 123 Å². The van der Waals surface area contributed by atoms with Crippen molar-refractivity contribution in [2.45, 2.75) is 58.2 Å². The van der Waals surface area contributed by atoms with Crippen LogP contribution < -0.4 is 5.73 Å². The minimum atomic E-state index is -0.400. The molecule has 0 saturated carbocycles. The van der Waals surface area contributed by atoms with Gasteiger partial charge in [-0.05, 0) is 32.4 Å². The third-order valence-corrected chi connectivity index (χ3v) is 3.60. The molecule has 1 fully saturated rings. The third kappa shape index (κ3) is 5.77. The lowest BCUT2D eigenvalue weighted by Gasteiger charge is -2.29. The molecule has 5 nitrogen and oxygen atoms in total. The van der Waals surface area contributed by atoms with E-state index in [1.54, 1.807) is 0 Å². The lowest BCUT2D eigenvalue weighted by Crippen LogP contribution is -2.43. The Bertz CT molecular complexity index is 326. The lowest BCUT2D eigenvalue weighted by atomic mass is 9.87. The number of hydrogen-bond donors (Lipinski definition) is 2. The summed E-state index contributed by atoms with van der Waals surface area (Å²) in [6, 6.07) is -0.00501. The average molecular weight is 285 g/mol. The summed E-state index contributed by atoms with van der Waals surface area (Å²) in [7, 11) is 3.97. The maximum atomic E-state index is 12.4. The van der Waals surface area contributed by atoms with E-state index in [9.17, 15) is 9.90 Å². The molecule has 3 N–H and O–H groups in total. The summed E-state index contributed by atoms with van der Waals surface area (Å²) in [6.07, 6.45) is 1.46. The molecule has 0 bridgehead atoms. The van der Waals surface area contributed by atoms with Crippen LogP contribution in [0.15, 0.2) is 0 Å². The van der Waals surface area contributed by atoms with Crippen LogP contribution in [0.5, 0.6) is 0 Å². The van der Waals surface area contributed by atoms with Gasteiger partial charge in [-0.2, -0.15) is 0 Å². The molecule has 3 unspecified atom stereocenters. The Balaban J connectivity index is 2.56. The van der Waals surface area contributed by atoms with Gasteiger partial charge in [0, 0.05) is 31.6 Å². The molecule has 0 aromatic heterocycles. The second-order valence-electron chi connectivity index (χ2n) is 7.58. The van der Waals surface area contributed by atoms with Crippen molar-refractivity contribution in [3.63, 3.8) is 0 Å². The summed E-state index contributed by atoms with van der Waals surface area (Å²) in [5.74, 6) is 0.0742. The van der Waals surface area contributed by atoms with Gasteiger partial charge in [0.1, 0.15) is 0 Å². The molecular formula is C15H31N3O2. The summed E-state index contributed by atoms with van der Waals surface area (Å²) >= 11 is 0. The van der Waals surface area contributed by atoms with E-state index < -0.39 is 6.10 Å². The van der Waals surface area contributed by atoms with E-state index in [4.69, 9.17) is 5.73 Å². The van der Waals surface area contributed by atoms with E-state index in [0.29, 0.717) is 19.4 Å². The van der Waals surface area contributed by atoms with Gasteiger partial charge in [-0.15, -0.1) is 0 Å². The number of β-amino-alcohol motifs (C(OH)–C–C–N with tert-alkyl or cyclic N) is 1. The van der Waals surface area contributed by atoms with Crippen molar-refractivity contribution < 1.29 is 9.90 Å². The molecular weight excluding hydrogens is 254 g/mol. The molecule has 3 atom stereocenters. The molecule has 1 amide bonds. The van der Waals surface area contributed by atoms with Gasteiger partial charge in [0.2, 0.25) is 5.91 Å². The SMILES string of the molecule is CN(C)CC1CC(O)CN1C(=O)CC(N)CC(C)(C)C. The Kier molecular flexibility index (Phi) is 5.98. The quantitative estimate of drug-likeness (QED) is 0.779. The number of aliphatic hydroxyl groups is 1. The number of hydrogen-bond acceptors (Lipinski definition) is 4. The highest BCUT2D eigenvalue weighted by Gasteiger charge is 2.35. The highest BCUT2D eigenvalue weighted by molar-refractivity contribution is 5.77. The van der Waals surface area contributed by atoms with Crippen LogP contribution >= 0.6 is 0 Å². The number of likely N-dealkylation sites (N-methyl/N-ethyl adjacent to an activating group) is 1. The van der Waals surface area contributed by atoms with Crippen LogP contribution in [0.2, 0.25) is 0 Å². The van der Waals surface area contributed by atoms with Crippen LogP contribution in [0, 0.1) is 5.41 Å². The zero-order valence-electron chi connectivity index (χ0n) is 13.6. The Morgan fingerprint density at radius 1 is 1.45 bits per heavy atom. The van der Waals surface area contributed by atoms with Crippen LogP contribution in [0.1, 0.15) is 40.0 Å². The van der Waals surface area contributed by atoms with Gasteiger partial charge in [0.25, 0.3) is 0 Å². The molecule has 1 aliphatic heterocycles. The van der Waals surface area contributed by atoms with Crippen molar-refractivity contribution in [2.75, 3.05) is 27.2 Å². The first-order valence-corrected chi connectivity index (χ1v) is 7.46. The van der Waals surface area contributed by atoms with Crippen molar-refractivity contribution in [1.29, 1.82) is 0 Å². The van der Waals surface area contributed by atoms with Crippen LogP contribution in [-0.4, -0.2) is 66.2 Å². The fraction of sp³-hybridized carbons (Fsp3) is 0.933. The van der Waals surface area contributed by atoms with E-state index in [-0.39, 0.29) is 23.4 Å². The topological polar surface area (TPSA) is 69.8 Å². The average Bonchev–Trinajstić information content (AvgIpc) is 2.55. The second kappa shape index (κ2) is 6.87. The first-order chi connectivity index (χ1) is 9.08. The summed E-state index contributed by atoms with van der Waals surface area (Å²) in [6.45, 7) is 7.63. The number of nitrogens with two attached hydrogens (primary N) is 1. The number of carbonyl (C=O) groups excluding carboxylic acids is 1. The summed E-state index contributed by atoms with van der Waals surface area (Å²) in [4.78, 5) is 16.3. The van der Waals surface area contributed by atoms with E-state index >= 15 is 0 Å². The van der Waals surface area contributed by atoms with Gasteiger partial charge >= 0.3 is 0 Å². The van der Waals surface area contributed by atoms with Gasteiger partial charge in [0.15, 0.2) is 0 Å². The predicted molar refractivity (Wildman–Crippen MR) is 81.3 cm³/mol. The number of likely N-dealkylation sites (tertiary alicyclic amines) is 1.